The third-order valence-electron chi connectivity index (χ3n) is 2.83. The van der Waals surface area contributed by atoms with Crippen LogP contribution < -0.4 is 16.2 Å². The molecule has 0 saturated carbocycles. The Morgan fingerprint density at radius 2 is 2.26 bits per heavy atom. The Balaban J connectivity index is 2.01. The van der Waals surface area contributed by atoms with Gasteiger partial charge in [0.2, 0.25) is 5.88 Å². The van der Waals surface area contributed by atoms with Gasteiger partial charge < -0.3 is 10.5 Å². The van der Waals surface area contributed by atoms with E-state index in [2.05, 4.69) is 15.2 Å². The van der Waals surface area contributed by atoms with E-state index in [4.69, 9.17) is 10.5 Å². The number of anilines is 1. The summed E-state index contributed by atoms with van der Waals surface area (Å²) < 4.78 is 6.94. The van der Waals surface area contributed by atoms with Gasteiger partial charge >= 0.3 is 5.69 Å². The van der Waals surface area contributed by atoms with Crippen molar-refractivity contribution in [3.8, 4) is 11.6 Å². The van der Waals surface area contributed by atoms with Crippen LogP contribution in [0.15, 0.2) is 35.4 Å². The number of hydrogen-bond donors (Lipinski definition) is 2. The van der Waals surface area contributed by atoms with Crippen molar-refractivity contribution in [3.63, 3.8) is 0 Å². The van der Waals surface area contributed by atoms with Crippen molar-refractivity contribution in [2.45, 2.75) is 6.92 Å². The van der Waals surface area contributed by atoms with Crippen molar-refractivity contribution in [1.29, 1.82) is 0 Å². The fourth-order valence-corrected chi connectivity index (χ4v) is 1.70. The molecule has 7 nitrogen and oxygen atoms in total. The molecule has 0 unspecified atom stereocenters. The molecule has 0 fully saturated rings. The number of aromatic amines is 1. The van der Waals surface area contributed by atoms with E-state index < -0.39 is 0 Å². The number of hydrogen-bond acceptors (Lipinski definition) is 5. The van der Waals surface area contributed by atoms with Gasteiger partial charge in [-0.15, -0.1) is 0 Å². The summed E-state index contributed by atoms with van der Waals surface area (Å²) in [6.45, 7) is 1.86. The highest BCUT2D eigenvalue weighted by Gasteiger charge is 2.07. The van der Waals surface area contributed by atoms with Crippen molar-refractivity contribution in [2.24, 2.45) is 0 Å². The van der Waals surface area contributed by atoms with Crippen molar-refractivity contribution >= 4 is 11.3 Å². The van der Waals surface area contributed by atoms with E-state index >= 15 is 0 Å². The lowest BCUT2D eigenvalue weighted by atomic mass is 10.2. The summed E-state index contributed by atoms with van der Waals surface area (Å²) in [4.78, 5) is 15.3. The van der Waals surface area contributed by atoms with Crippen molar-refractivity contribution < 1.29 is 4.74 Å². The second-order valence-electron chi connectivity index (χ2n) is 4.06. The van der Waals surface area contributed by atoms with Crippen LogP contribution in [0.25, 0.3) is 5.65 Å². The third-order valence-corrected chi connectivity index (χ3v) is 2.83. The highest BCUT2D eigenvalue weighted by molar-refractivity contribution is 5.54. The molecular weight excluding hydrogens is 246 g/mol. The number of nitrogen functional groups attached to an aromatic ring is 1. The third kappa shape index (κ3) is 1.90. The molecule has 2 aromatic heterocycles. The van der Waals surface area contributed by atoms with E-state index in [0.717, 1.165) is 5.56 Å². The van der Waals surface area contributed by atoms with Crippen LogP contribution in [0, 0.1) is 6.92 Å². The number of ether oxygens (including phenoxy) is 1. The maximum atomic E-state index is 11.3. The number of H-pyrrole nitrogens is 1. The highest BCUT2D eigenvalue weighted by Crippen LogP contribution is 2.27. The van der Waals surface area contributed by atoms with Gasteiger partial charge in [-0.05, 0) is 19.1 Å². The maximum absolute atomic E-state index is 11.3. The van der Waals surface area contributed by atoms with Crippen molar-refractivity contribution in [3.05, 3.63) is 46.6 Å². The normalized spacial score (nSPS) is 10.8. The predicted octanol–water partition coefficient (Wildman–Crippen LogP) is 1.10. The molecule has 3 N–H and O–H groups in total. The molecule has 96 valence electrons. The van der Waals surface area contributed by atoms with E-state index in [0.29, 0.717) is 23.0 Å². The van der Waals surface area contributed by atoms with Gasteiger partial charge in [-0.3, -0.25) is 0 Å². The van der Waals surface area contributed by atoms with Crippen LogP contribution in [0.1, 0.15) is 5.56 Å². The average Bonchev–Trinajstić information content (AvgIpc) is 2.76. The molecule has 0 amide bonds. The molecule has 0 aliphatic rings. The Labute approximate surface area is 107 Å². The number of nitrogens with two attached hydrogens (primary N) is 1. The van der Waals surface area contributed by atoms with Crippen LogP contribution in [-0.2, 0) is 0 Å². The van der Waals surface area contributed by atoms with Gasteiger partial charge in [0.25, 0.3) is 0 Å². The first kappa shape index (κ1) is 11.3. The first-order valence-electron chi connectivity index (χ1n) is 5.61. The zero-order chi connectivity index (χ0) is 13.4. The number of benzene rings is 1. The maximum Gasteiger partial charge on any atom is 0.348 e. The second-order valence-corrected chi connectivity index (χ2v) is 4.06. The lowest BCUT2D eigenvalue weighted by Gasteiger charge is -2.09. The molecule has 3 rings (SSSR count). The minimum absolute atomic E-state index is 0.339. The monoisotopic (exact) mass is 257 g/mol. The van der Waals surface area contributed by atoms with E-state index in [-0.39, 0.29) is 5.69 Å². The molecule has 0 bridgehead atoms. The highest BCUT2D eigenvalue weighted by atomic mass is 16.5. The van der Waals surface area contributed by atoms with Gasteiger partial charge in [0.1, 0.15) is 12.1 Å². The minimum atomic E-state index is -0.339. The smallest absolute Gasteiger partial charge is 0.348 e. The van der Waals surface area contributed by atoms with E-state index in [9.17, 15) is 4.79 Å². The van der Waals surface area contributed by atoms with E-state index in [1.165, 1.54) is 10.7 Å². The summed E-state index contributed by atoms with van der Waals surface area (Å²) in [5.74, 6) is 0.968. The quantitative estimate of drug-likeness (QED) is 0.670. The molecule has 3 aromatic rings. The zero-order valence-electron chi connectivity index (χ0n) is 10.1. The largest absolute Gasteiger partial charge is 0.438 e. The minimum Gasteiger partial charge on any atom is -0.438 e. The molecule has 0 radical (unpaired) electrons. The van der Waals surface area contributed by atoms with E-state index in [1.54, 1.807) is 24.3 Å². The lowest BCUT2D eigenvalue weighted by molar-refractivity contribution is 0.458. The Morgan fingerprint density at radius 1 is 1.42 bits per heavy atom. The molecule has 2 heterocycles. The van der Waals surface area contributed by atoms with Gasteiger partial charge in [-0.25, -0.2) is 19.3 Å². The summed E-state index contributed by atoms with van der Waals surface area (Å²) in [6, 6.07) is 6.97. The molecule has 0 aliphatic carbocycles. The van der Waals surface area contributed by atoms with Gasteiger partial charge in [-0.2, -0.15) is 5.10 Å². The molecule has 0 spiro atoms. The summed E-state index contributed by atoms with van der Waals surface area (Å²) in [5, 5.41) is 6.17. The fraction of sp³-hybridized carbons (Fsp3) is 0.0833. The van der Waals surface area contributed by atoms with Crippen LogP contribution in [0.4, 0.5) is 5.69 Å². The van der Waals surface area contributed by atoms with Crippen molar-refractivity contribution in [1.82, 2.24) is 19.6 Å². The zero-order valence-corrected chi connectivity index (χ0v) is 10.1. The first-order chi connectivity index (χ1) is 9.15. The standard InChI is InChI=1S/C12H11N5O2/c1-7-8(13)3-2-4-9(7)19-11-5-10-15-16-12(18)17(10)6-14-11/h2-6H,13H2,1H3,(H,16,18). The summed E-state index contributed by atoms with van der Waals surface area (Å²) in [5.41, 5.74) is 7.39. The van der Waals surface area contributed by atoms with Gasteiger partial charge in [0, 0.05) is 17.3 Å². The predicted molar refractivity (Wildman–Crippen MR) is 69.3 cm³/mol. The van der Waals surface area contributed by atoms with Gasteiger partial charge in [0.05, 0.1) is 0 Å². The van der Waals surface area contributed by atoms with Crippen LogP contribution in [0.5, 0.6) is 11.6 Å². The number of aromatic nitrogens is 4. The lowest BCUT2D eigenvalue weighted by Crippen LogP contribution is -2.09. The molecule has 1 aromatic carbocycles. The Bertz CT molecular complexity index is 805. The Morgan fingerprint density at radius 3 is 3.11 bits per heavy atom. The first-order valence-corrected chi connectivity index (χ1v) is 5.61. The molecule has 7 heteroatoms. The van der Waals surface area contributed by atoms with Gasteiger partial charge in [0.15, 0.2) is 5.65 Å². The van der Waals surface area contributed by atoms with Crippen molar-refractivity contribution in [2.75, 3.05) is 5.73 Å². The topological polar surface area (TPSA) is 98.3 Å². The summed E-state index contributed by atoms with van der Waals surface area (Å²) in [6.07, 6.45) is 1.36. The Kier molecular flexibility index (Phi) is 2.45. The number of fused-ring (bicyclic) bond motifs is 1. The summed E-state index contributed by atoms with van der Waals surface area (Å²) in [7, 11) is 0. The molecule has 0 aliphatic heterocycles. The SMILES string of the molecule is Cc1c(N)cccc1Oc1cc2n[nH]c(=O)n2cn1. The van der Waals surface area contributed by atoms with E-state index in [1.807, 2.05) is 6.92 Å². The summed E-state index contributed by atoms with van der Waals surface area (Å²) >= 11 is 0. The number of nitrogens with one attached hydrogen (secondary N) is 1. The van der Waals surface area contributed by atoms with Gasteiger partial charge in [-0.1, -0.05) is 6.07 Å². The van der Waals surface area contributed by atoms with Crippen LogP contribution in [0.3, 0.4) is 0 Å². The molecule has 19 heavy (non-hydrogen) atoms. The number of nitrogens with zero attached hydrogens (tertiary/aromatic N) is 3. The average molecular weight is 257 g/mol. The molecular formula is C12H11N5O2. The second kappa shape index (κ2) is 4.13. The Hall–Kier alpha value is -2.83. The molecule has 0 saturated heterocycles. The molecule has 0 atom stereocenters. The fourth-order valence-electron chi connectivity index (χ4n) is 1.70. The van der Waals surface area contributed by atoms with Crippen LogP contribution in [0.2, 0.25) is 0 Å². The van der Waals surface area contributed by atoms with Crippen LogP contribution in [-0.4, -0.2) is 19.6 Å². The number of rotatable bonds is 2. The van der Waals surface area contributed by atoms with Crippen LogP contribution >= 0.6 is 0 Å².